The third kappa shape index (κ3) is 4.59. The first-order valence-corrected chi connectivity index (χ1v) is 11.4. The van der Waals surface area contributed by atoms with Crippen LogP contribution in [-0.4, -0.2) is 23.3 Å². The van der Waals surface area contributed by atoms with Gasteiger partial charge >= 0.3 is 5.97 Å². The Kier molecular flexibility index (Phi) is 6.18. The monoisotopic (exact) mass is 457 g/mol. The molecule has 0 saturated heterocycles. The molecule has 0 amide bonds. The maximum atomic E-state index is 13.2. The van der Waals surface area contributed by atoms with E-state index in [1.165, 1.54) is 0 Å². The number of benzene rings is 4. The number of para-hydroxylation sites is 1. The molecule has 35 heavy (non-hydrogen) atoms. The van der Waals surface area contributed by atoms with Crippen LogP contribution >= 0.6 is 0 Å². The second-order valence-electron chi connectivity index (χ2n) is 8.29. The number of fused-ring (bicyclic) bond motifs is 1. The van der Waals surface area contributed by atoms with Gasteiger partial charge in [0, 0.05) is 16.5 Å². The molecule has 5 rings (SSSR count). The van der Waals surface area contributed by atoms with Crippen LogP contribution in [0.25, 0.3) is 33.3 Å². The van der Waals surface area contributed by atoms with Crippen LogP contribution in [0.1, 0.15) is 26.3 Å². The summed E-state index contributed by atoms with van der Waals surface area (Å²) < 4.78 is 5.52. The van der Waals surface area contributed by atoms with Gasteiger partial charge in [-0.05, 0) is 29.7 Å². The van der Waals surface area contributed by atoms with E-state index in [9.17, 15) is 9.59 Å². The smallest absolute Gasteiger partial charge is 0.339 e. The number of nitrogens with zero attached hydrogens (tertiary/aromatic N) is 1. The normalized spacial score (nSPS) is 10.8. The van der Waals surface area contributed by atoms with Crippen LogP contribution in [0.2, 0.25) is 0 Å². The number of carbonyl (C=O) groups is 2. The van der Waals surface area contributed by atoms with Gasteiger partial charge in [0.2, 0.25) is 0 Å². The van der Waals surface area contributed by atoms with Crippen LogP contribution in [0.4, 0.5) is 0 Å². The molecule has 0 bridgehead atoms. The maximum absolute atomic E-state index is 13.2. The second-order valence-corrected chi connectivity index (χ2v) is 8.29. The molecule has 0 fully saturated rings. The predicted octanol–water partition coefficient (Wildman–Crippen LogP) is 6.92. The van der Waals surface area contributed by atoms with Crippen LogP contribution in [0.15, 0.2) is 109 Å². The van der Waals surface area contributed by atoms with Crippen LogP contribution in [0, 0.1) is 6.92 Å². The SMILES string of the molecule is Cc1c(-c2ccccc2)nc2ccccc2c1C(=O)OCC(=O)c1ccc(-c2ccccc2)cc1. The van der Waals surface area contributed by atoms with Crippen LogP contribution in [0.3, 0.4) is 0 Å². The molecule has 0 unspecified atom stereocenters. The van der Waals surface area contributed by atoms with Crippen molar-refractivity contribution < 1.29 is 14.3 Å². The molecule has 0 radical (unpaired) electrons. The molecule has 5 aromatic rings. The van der Waals surface area contributed by atoms with Crippen molar-refractivity contribution >= 4 is 22.7 Å². The van der Waals surface area contributed by atoms with Crippen molar-refractivity contribution in [2.75, 3.05) is 6.61 Å². The van der Waals surface area contributed by atoms with Gasteiger partial charge in [-0.3, -0.25) is 4.79 Å². The lowest BCUT2D eigenvalue weighted by molar-refractivity contribution is 0.0476. The number of hydrogen-bond acceptors (Lipinski definition) is 4. The van der Waals surface area contributed by atoms with E-state index in [1.807, 2.05) is 104 Å². The third-order valence-corrected chi connectivity index (χ3v) is 6.04. The van der Waals surface area contributed by atoms with Gasteiger partial charge in [0.1, 0.15) is 0 Å². The number of ketones is 1. The summed E-state index contributed by atoms with van der Waals surface area (Å²) in [5.41, 5.74) is 6.09. The van der Waals surface area contributed by atoms with Crippen LogP contribution in [-0.2, 0) is 4.74 Å². The average molecular weight is 458 g/mol. The molecular weight excluding hydrogens is 434 g/mol. The van der Waals surface area contributed by atoms with Crippen molar-refractivity contribution in [3.8, 4) is 22.4 Å². The molecule has 4 heteroatoms. The molecule has 0 saturated carbocycles. The number of hydrogen-bond donors (Lipinski definition) is 0. The topological polar surface area (TPSA) is 56.3 Å². The second kappa shape index (κ2) is 9.74. The molecule has 170 valence electrons. The lowest BCUT2D eigenvalue weighted by atomic mass is 9.98. The first-order chi connectivity index (χ1) is 17.1. The van der Waals surface area contributed by atoms with Gasteiger partial charge < -0.3 is 4.74 Å². The first kappa shape index (κ1) is 22.2. The standard InChI is InChI=1S/C31H23NO3/c1-21-29(26-14-8-9-15-27(26)32-30(21)25-12-6-3-7-13-25)31(34)35-20-28(33)24-18-16-23(17-19-24)22-10-4-2-5-11-22/h2-19H,20H2,1H3. The highest BCUT2D eigenvalue weighted by atomic mass is 16.5. The van der Waals surface area contributed by atoms with Crippen molar-refractivity contribution in [2.45, 2.75) is 6.92 Å². The Labute approximate surface area is 203 Å². The quantitative estimate of drug-likeness (QED) is 0.205. The van der Waals surface area contributed by atoms with E-state index < -0.39 is 5.97 Å². The highest BCUT2D eigenvalue weighted by molar-refractivity contribution is 6.07. The Hall–Kier alpha value is -4.57. The molecule has 0 N–H and O–H groups in total. The Morgan fingerprint density at radius 3 is 1.94 bits per heavy atom. The number of carbonyl (C=O) groups excluding carboxylic acids is 2. The number of rotatable bonds is 6. The molecule has 1 heterocycles. The summed E-state index contributed by atoms with van der Waals surface area (Å²) in [5.74, 6) is -0.787. The van der Waals surface area contributed by atoms with E-state index in [0.717, 1.165) is 27.9 Å². The van der Waals surface area contributed by atoms with E-state index in [4.69, 9.17) is 9.72 Å². The maximum Gasteiger partial charge on any atom is 0.339 e. The number of ether oxygens (including phenoxy) is 1. The van der Waals surface area contributed by atoms with Gasteiger partial charge in [0.15, 0.2) is 12.4 Å². The molecule has 0 aliphatic rings. The lowest BCUT2D eigenvalue weighted by Crippen LogP contribution is -2.16. The molecule has 4 aromatic carbocycles. The zero-order valence-corrected chi connectivity index (χ0v) is 19.3. The molecule has 4 nitrogen and oxygen atoms in total. The average Bonchev–Trinajstić information content (AvgIpc) is 2.92. The van der Waals surface area contributed by atoms with Crippen molar-refractivity contribution in [3.63, 3.8) is 0 Å². The largest absolute Gasteiger partial charge is 0.454 e. The molecule has 0 spiro atoms. The van der Waals surface area contributed by atoms with Crippen molar-refractivity contribution in [1.29, 1.82) is 0 Å². The minimum Gasteiger partial charge on any atom is -0.454 e. The van der Waals surface area contributed by atoms with E-state index in [0.29, 0.717) is 22.0 Å². The van der Waals surface area contributed by atoms with E-state index in [-0.39, 0.29) is 12.4 Å². The molecule has 0 aliphatic heterocycles. The van der Waals surface area contributed by atoms with E-state index >= 15 is 0 Å². The minimum absolute atomic E-state index is 0.253. The summed E-state index contributed by atoms with van der Waals surface area (Å²) >= 11 is 0. The number of Topliss-reactive ketones (excluding diaryl/α,β-unsaturated/α-hetero) is 1. The molecule has 1 aromatic heterocycles. The summed E-state index contributed by atoms with van der Waals surface area (Å²) in [4.78, 5) is 30.8. The zero-order valence-electron chi connectivity index (χ0n) is 19.3. The van der Waals surface area contributed by atoms with Gasteiger partial charge in [-0.1, -0.05) is 103 Å². The predicted molar refractivity (Wildman–Crippen MR) is 138 cm³/mol. The van der Waals surface area contributed by atoms with Crippen LogP contribution < -0.4 is 0 Å². The van der Waals surface area contributed by atoms with Gasteiger partial charge in [-0.25, -0.2) is 9.78 Å². The van der Waals surface area contributed by atoms with Crippen molar-refractivity contribution in [2.24, 2.45) is 0 Å². The molecule has 0 aliphatic carbocycles. The minimum atomic E-state index is -0.535. The van der Waals surface area contributed by atoms with Crippen molar-refractivity contribution in [3.05, 3.63) is 126 Å². The fourth-order valence-electron chi connectivity index (χ4n) is 4.21. The third-order valence-electron chi connectivity index (χ3n) is 6.04. The Morgan fingerprint density at radius 1 is 0.686 bits per heavy atom. The summed E-state index contributed by atoms with van der Waals surface area (Å²) in [5, 5.41) is 0.703. The zero-order chi connectivity index (χ0) is 24.2. The summed E-state index contributed by atoms with van der Waals surface area (Å²) in [7, 11) is 0. The Bertz CT molecular complexity index is 1510. The van der Waals surface area contributed by atoms with Crippen molar-refractivity contribution in [1.82, 2.24) is 4.98 Å². The van der Waals surface area contributed by atoms with Gasteiger partial charge in [0.05, 0.1) is 16.8 Å². The van der Waals surface area contributed by atoms with E-state index in [1.54, 1.807) is 12.1 Å². The van der Waals surface area contributed by atoms with Gasteiger partial charge in [-0.15, -0.1) is 0 Å². The molecular formula is C31H23NO3. The summed E-state index contributed by atoms with van der Waals surface area (Å²) in [6.07, 6.45) is 0. The summed E-state index contributed by atoms with van der Waals surface area (Å²) in [6.45, 7) is 1.53. The summed E-state index contributed by atoms with van der Waals surface area (Å²) in [6, 6.07) is 34.5. The fourth-order valence-corrected chi connectivity index (χ4v) is 4.21. The Morgan fingerprint density at radius 2 is 1.26 bits per heavy atom. The first-order valence-electron chi connectivity index (χ1n) is 11.4. The van der Waals surface area contributed by atoms with Gasteiger partial charge in [0.25, 0.3) is 0 Å². The number of pyridine rings is 1. The highest BCUT2D eigenvalue weighted by Crippen LogP contribution is 2.30. The fraction of sp³-hybridized carbons (Fsp3) is 0.0645. The van der Waals surface area contributed by atoms with Crippen LogP contribution in [0.5, 0.6) is 0 Å². The lowest BCUT2D eigenvalue weighted by Gasteiger charge is -2.14. The molecule has 0 atom stereocenters. The number of aromatic nitrogens is 1. The number of esters is 1. The Balaban J connectivity index is 1.39. The highest BCUT2D eigenvalue weighted by Gasteiger charge is 2.21. The van der Waals surface area contributed by atoms with E-state index in [2.05, 4.69) is 0 Å². The van der Waals surface area contributed by atoms with Gasteiger partial charge in [-0.2, -0.15) is 0 Å².